The first-order valence-electron chi connectivity index (χ1n) is 16.3. The Balaban J connectivity index is 1.55. The molecule has 0 spiro atoms. The Bertz CT molecular complexity index is 1640. The van der Waals surface area contributed by atoms with Crippen molar-refractivity contribution in [1.29, 1.82) is 0 Å². The second-order valence-corrected chi connectivity index (χ2v) is 13.4. The average Bonchev–Trinajstić information content (AvgIpc) is 3.40. The van der Waals surface area contributed by atoms with Crippen molar-refractivity contribution >= 4 is 23.6 Å². The number of nitrogens with two attached hydrogens (primary N) is 1. The number of halogens is 2. The molecule has 4 amide bonds. The van der Waals surface area contributed by atoms with Gasteiger partial charge in [-0.2, -0.15) is 0 Å². The summed E-state index contributed by atoms with van der Waals surface area (Å²) in [4.78, 5) is 53.1. The Hall–Kier alpha value is -4.62. The summed E-state index contributed by atoms with van der Waals surface area (Å²) < 4.78 is 36.5. The smallest absolute Gasteiger partial charge is 0.249 e. The lowest BCUT2D eigenvalue weighted by Gasteiger charge is -2.41. The molecule has 13 heteroatoms. The van der Waals surface area contributed by atoms with Crippen LogP contribution in [0.1, 0.15) is 51.4 Å². The van der Waals surface area contributed by atoms with E-state index >= 15 is 4.39 Å². The number of hydrogen-bond donors (Lipinski definition) is 3. The van der Waals surface area contributed by atoms with E-state index in [1.165, 1.54) is 12.0 Å². The first-order chi connectivity index (χ1) is 23.2. The fourth-order valence-electron chi connectivity index (χ4n) is 5.89. The van der Waals surface area contributed by atoms with Crippen LogP contribution in [-0.2, 0) is 30.5 Å². The molecule has 1 fully saturated rings. The first-order valence-corrected chi connectivity index (χ1v) is 16.3. The summed E-state index contributed by atoms with van der Waals surface area (Å²) in [5, 5.41) is 5.36. The highest BCUT2D eigenvalue weighted by Crippen LogP contribution is 2.41. The minimum absolute atomic E-state index is 0.0266. The molecule has 0 radical (unpaired) electrons. The summed E-state index contributed by atoms with van der Waals surface area (Å²) in [7, 11) is 1.42. The normalized spacial score (nSPS) is 15.5. The molecule has 0 saturated carbocycles. The Kier molecular flexibility index (Phi) is 12.3. The molecule has 2 aromatic carbocycles. The number of benzene rings is 2. The third kappa shape index (κ3) is 9.73. The highest BCUT2D eigenvalue weighted by molar-refractivity contribution is 5.99. The molecule has 0 aliphatic carbocycles. The molecule has 4 N–H and O–H groups in total. The van der Waals surface area contributed by atoms with E-state index in [1.54, 1.807) is 24.1 Å². The molecule has 49 heavy (non-hydrogen) atoms. The zero-order valence-corrected chi connectivity index (χ0v) is 28.7. The van der Waals surface area contributed by atoms with Crippen LogP contribution in [-0.4, -0.2) is 90.0 Å². The largest absolute Gasteiger partial charge is 0.375 e. The maximum Gasteiger partial charge on any atom is 0.249 e. The molecule has 1 aromatic heterocycles. The number of carbonyl (C=O) groups is 4. The molecule has 3 aromatic rings. The van der Waals surface area contributed by atoms with Crippen molar-refractivity contribution in [3.8, 4) is 11.1 Å². The lowest BCUT2D eigenvalue weighted by atomic mass is 9.82. The standard InChI is InChI=1S/C36H46F2N6O5/c1-23-35(48)44(23)21-31(45)40-14-15-41-34(47)29(39)13-16-43(32(46)22-49-5)33(36(2,3)4)30-17-25(27-18-26(37)11-12-28(27)38)20-42(30)19-24-9-7-6-8-10-24/h6-12,17-18,20,23,29,33H,13-16,19,21-22,39H2,1-5H3,(H,40,45)(H,41,47). The average molecular weight is 681 g/mol. The van der Waals surface area contributed by atoms with Crippen LogP contribution in [0, 0.1) is 17.0 Å². The number of rotatable bonds is 16. The highest BCUT2D eigenvalue weighted by atomic mass is 19.1. The lowest BCUT2D eigenvalue weighted by Crippen LogP contribution is -2.48. The fourth-order valence-corrected chi connectivity index (χ4v) is 5.89. The maximum atomic E-state index is 15.0. The predicted octanol–water partition coefficient (Wildman–Crippen LogP) is 3.22. The van der Waals surface area contributed by atoms with Crippen molar-refractivity contribution < 1.29 is 32.7 Å². The second-order valence-electron chi connectivity index (χ2n) is 13.4. The zero-order chi connectivity index (χ0) is 35.9. The Morgan fingerprint density at radius 3 is 2.35 bits per heavy atom. The second kappa shape index (κ2) is 16.2. The van der Waals surface area contributed by atoms with Gasteiger partial charge in [-0.1, -0.05) is 51.1 Å². The van der Waals surface area contributed by atoms with E-state index in [9.17, 15) is 23.6 Å². The van der Waals surface area contributed by atoms with Crippen molar-refractivity contribution in [2.45, 2.75) is 58.8 Å². The van der Waals surface area contributed by atoms with Crippen LogP contribution < -0.4 is 16.4 Å². The van der Waals surface area contributed by atoms with Crippen LogP contribution in [0.2, 0.25) is 0 Å². The Morgan fingerprint density at radius 2 is 1.71 bits per heavy atom. The lowest BCUT2D eigenvalue weighted by molar-refractivity contribution is -0.141. The zero-order valence-electron chi connectivity index (χ0n) is 28.7. The van der Waals surface area contributed by atoms with E-state index in [1.807, 2.05) is 55.7 Å². The number of amides is 4. The van der Waals surface area contributed by atoms with Crippen LogP contribution in [0.4, 0.5) is 8.78 Å². The Labute approximate surface area is 285 Å². The van der Waals surface area contributed by atoms with Gasteiger partial charge in [-0.05, 0) is 48.6 Å². The number of methoxy groups -OCH3 is 1. The van der Waals surface area contributed by atoms with E-state index in [2.05, 4.69) is 10.6 Å². The van der Waals surface area contributed by atoms with E-state index in [0.717, 1.165) is 23.8 Å². The van der Waals surface area contributed by atoms with Crippen LogP contribution in [0.25, 0.3) is 11.1 Å². The monoisotopic (exact) mass is 680 g/mol. The quantitative estimate of drug-likeness (QED) is 0.157. The molecule has 3 unspecified atom stereocenters. The molecule has 3 atom stereocenters. The number of carbonyl (C=O) groups excluding carboxylic acids is 4. The number of hydrogen-bond acceptors (Lipinski definition) is 6. The summed E-state index contributed by atoms with van der Waals surface area (Å²) >= 11 is 0. The van der Waals surface area contributed by atoms with Gasteiger partial charge >= 0.3 is 0 Å². The van der Waals surface area contributed by atoms with Gasteiger partial charge in [-0.3, -0.25) is 19.2 Å². The highest BCUT2D eigenvalue weighted by Gasteiger charge is 2.42. The van der Waals surface area contributed by atoms with Gasteiger partial charge in [0.05, 0.1) is 12.1 Å². The van der Waals surface area contributed by atoms with Crippen LogP contribution in [0.15, 0.2) is 60.8 Å². The summed E-state index contributed by atoms with van der Waals surface area (Å²) in [6.45, 7) is 8.19. The fraction of sp³-hybridized carbons (Fsp3) is 0.444. The van der Waals surface area contributed by atoms with Gasteiger partial charge in [0.15, 0.2) is 0 Å². The molecule has 264 valence electrons. The first kappa shape index (κ1) is 37.2. The van der Waals surface area contributed by atoms with Gasteiger partial charge in [0.2, 0.25) is 23.6 Å². The van der Waals surface area contributed by atoms with Crippen LogP contribution >= 0.6 is 0 Å². The summed E-state index contributed by atoms with van der Waals surface area (Å²) in [5.41, 5.74) is 7.92. The van der Waals surface area contributed by atoms with Gasteiger partial charge in [-0.25, -0.2) is 8.78 Å². The van der Waals surface area contributed by atoms with E-state index in [-0.39, 0.29) is 68.5 Å². The molecule has 11 nitrogen and oxygen atoms in total. The molecule has 2 heterocycles. The van der Waals surface area contributed by atoms with Gasteiger partial charge in [0.1, 0.15) is 30.8 Å². The van der Waals surface area contributed by atoms with Gasteiger partial charge in [0, 0.05) is 56.3 Å². The molecule has 1 aliphatic rings. The van der Waals surface area contributed by atoms with E-state index in [0.29, 0.717) is 17.8 Å². The van der Waals surface area contributed by atoms with Crippen LogP contribution in [0.5, 0.6) is 0 Å². The number of aromatic nitrogens is 1. The van der Waals surface area contributed by atoms with E-state index in [4.69, 9.17) is 10.5 Å². The predicted molar refractivity (Wildman–Crippen MR) is 181 cm³/mol. The third-order valence-electron chi connectivity index (χ3n) is 8.48. The van der Waals surface area contributed by atoms with Crippen molar-refractivity contribution in [3.63, 3.8) is 0 Å². The minimum Gasteiger partial charge on any atom is -0.375 e. The van der Waals surface area contributed by atoms with Crippen LogP contribution in [0.3, 0.4) is 0 Å². The molecule has 4 rings (SSSR count). The molecule has 0 bridgehead atoms. The van der Waals surface area contributed by atoms with Gasteiger partial charge in [-0.15, -0.1) is 0 Å². The molecule has 1 saturated heterocycles. The molecular weight excluding hydrogens is 634 g/mol. The molecule has 1 aliphatic heterocycles. The number of nitrogens with one attached hydrogen (secondary N) is 2. The minimum atomic E-state index is -0.974. The van der Waals surface area contributed by atoms with Gasteiger partial charge in [0.25, 0.3) is 0 Å². The van der Waals surface area contributed by atoms with E-state index < -0.39 is 35.0 Å². The summed E-state index contributed by atoms with van der Waals surface area (Å²) in [6, 6.07) is 12.9. The number of ether oxygens (including phenoxy) is 1. The summed E-state index contributed by atoms with van der Waals surface area (Å²) in [6.07, 6.45) is 1.87. The van der Waals surface area contributed by atoms with Gasteiger partial charge < -0.3 is 35.5 Å². The maximum absolute atomic E-state index is 15.0. The third-order valence-corrected chi connectivity index (χ3v) is 8.48. The van der Waals surface area contributed by atoms with Crippen molar-refractivity contribution in [2.75, 3.05) is 39.9 Å². The number of nitrogens with zero attached hydrogens (tertiary/aromatic N) is 3. The summed E-state index contributed by atoms with van der Waals surface area (Å²) in [5.74, 6) is -2.33. The van der Waals surface area contributed by atoms with Crippen molar-refractivity contribution in [3.05, 3.63) is 83.7 Å². The van der Waals surface area contributed by atoms with Crippen molar-refractivity contribution in [1.82, 2.24) is 25.0 Å². The topological polar surface area (TPSA) is 139 Å². The Morgan fingerprint density at radius 1 is 1.04 bits per heavy atom. The van der Waals surface area contributed by atoms with Crippen molar-refractivity contribution in [2.24, 2.45) is 11.1 Å². The molecular formula is C36H46F2N6O5. The SMILES string of the molecule is COCC(=O)N(CCC(N)C(=O)NCCNC(=O)CN1C(=O)C1C)C(c1cc(-c2cc(F)ccc2F)cn1Cc1ccccc1)C(C)(C)C.